The van der Waals surface area contributed by atoms with Crippen molar-refractivity contribution < 1.29 is 18.0 Å². The lowest BCUT2D eigenvalue weighted by molar-refractivity contribution is -0.137. The lowest BCUT2D eigenvalue weighted by atomic mass is 9.87. The molecule has 0 saturated heterocycles. The summed E-state index contributed by atoms with van der Waals surface area (Å²) in [5.74, 6) is -0.853. The van der Waals surface area contributed by atoms with Crippen molar-refractivity contribution in [2.75, 3.05) is 0 Å². The van der Waals surface area contributed by atoms with E-state index in [9.17, 15) is 18.0 Å². The normalized spacial score (nSPS) is 13.0. The van der Waals surface area contributed by atoms with Crippen molar-refractivity contribution in [2.45, 2.75) is 19.0 Å². The summed E-state index contributed by atoms with van der Waals surface area (Å²) >= 11 is 0. The Balaban J connectivity index is 2.49. The molecule has 0 aromatic heterocycles. The Kier molecular flexibility index (Phi) is 3.93. The number of carbonyl (C=O) groups is 1. The number of alkyl halides is 3. The van der Waals surface area contributed by atoms with E-state index in [4.69, 9.17) is 0 Å². The molecule has 1 unspecified atom stereocenters. The van der Waals surface area contributed by atoms with Gasteiger partial charge in [0.25, 0.3) is 0 Å². The van der Waals surface area contributed by atoms with Gasteiger partial charge in [-0.15, -0.1) is 0 Å². The van der Waals surface area contributed by atoms with Crippen LogP contribution in [0.15, 0.2) is 54.6 Å². The van der Waals surface area contributed by atoms with Gasteiger partial charge < -0.3 is 0 Å². The standard InChI is InChI=1S/C16H13F3O/c1-11(20)15(12-6-3-2-4-7-12)13-8-5-9-14(10-13)16(17,18)19/h2-10,15H,1H3. The summed E-state index contributed by atoms with van der Waals surface area (Å²) in [4.78, 5) is 11.8. The molecule has 0 aliphatic heterocycles. The Hall–Kier alpha value is -2.10. The molecule has 2 rings (SSSR count). The van der Waals surface area contributed by atoms with E-state index in [2.05, 4.69) is 0 Å². The summed E-state index contributed by atoms with van der Waals surface area (Å²) in [5, 5.41) is 0. The number of hydrogen-bond acceptors (Lipinski definition) is 1. The topological polar surface area (TPSA) is 17.1 Å². The van der Waals surface area contributed by atoms with Gasteiger partial charge in [-0.3, -0.25) is 4.79 Å². The highest BCUT2D eigenvalue weighted by atomic mass is 19.4. The van der Waals surface area contributed by atoms with Crippen LogP contribution in [0.5, 0.6) is 0 Å². The van der Waals surface area contributed by atoms with Crippen LogP contribution in [0.25, 0.3) is 0 Å². The number of hydrogen-bond donors (Lipinski definition) is 0. The van der Waals surface area contributed by atoms with Crippen LogP contribution >= 0.6 is 0 Å². The van der Waals surface area contributed by atoms with Crippen LogP contribution in [0.2, 0.25) is 0 Å². The minimum absolute atomic E-state index is 0.185. The van der Waals surface area contributed by atoms with Crippen LogP contribution in [-0.2, 0) is 11.0 Å². The van der Waals surface area contributed by atoms with Gasteiger partial charge in [-0.1, -0.05) is 48.5 Å². The Labute approximate surface area is 115 Å². The molecule has 1 atom stereocenters. The molecular formula is C16H13F3O. The van der Waals surface area contributed by atoms with E-state index in [0.29, 0.717) is 11.1 Å². The third-order valence-corrected chi connectivity index (χ3v) is 3.09. The second-order valence-corrected chi connectivity index (χ2v) is 4.58. The van der Waals surface area contributed by atoms with Crippen LogP contribution in [0.1, 0.15) is 29.5 Å². The Morgan fingerprint density at radius 2 is 1.55 bits per heavy atom. The first-order valence-electron chi connectivity index (χ1n) is 6.12. The Morgan fingerprint density at radius 1 is 0.950 bits per heavy atom. The third-order valence-electron chi connectivity index (χ3n) is 3.09. The maximum atomic E-state index is 12.7. The minimum atomic E-state index is -4.41. The van der Waals surface area contributed by atoms with Crippen LogP contribution < -0.4 is 0 Å². The second kappa shape index (κ2) is 5.49. The molecule has 104 valence electrons. The van der Waals surface area contributed by atoms with Crippen molar-refractivity contribution in [3.8, 4) is 0 Å². The average molecular weight is 278 g/mol. The SMILES string of the molecule is CC(=O)C(c1ccccc1)c1cccc(C(F)(F)F)c1. The second-order valence-electron chi connectivity index (χ2n) is 4.58. The fourth-order valence-corrected chi connectivity index (χ4v) is 2.20. The van der Waals surface area contributed by atoms with E-state index in [1.807, 2.05) is 0 Å². The fourth-order valence-electron chi connectivity index (χ4n) is 2.20. The minimum Gasteiger partial charge on any atom is -0.299 e. The number of halogens is 3. The summed E-state index contributed by atoms with van der Waals surface area (Å²) in [5.41, 5.74) is 0.315. The molecule has 0 bridgehead atoms. The molecule has 4 heteroatoms. The van der Waals surface area contributed by atoms with Gasteiger partial charge in [0.05, 0.1) is 11.5 Å². The van der Waals surface area contributed by atoms with E-state index in [1.54, 1.807) is 36.4 Å². The zero-order chi connectivity index (χ0) is 14.8. The van der Waals surface area contributed by atoms with Crippen LogP contribution in [-0.4, -0.2) is 5.78 Å². The highest BCUT2D eigenvalue weighted by Crippen LogP contribution is 2.33. The van der Waals surface area contributed by atoms with E-state index in [0.717, 1.165) is 12.1 Å². The van der Waals surface area contributed by atoms with Crippen molar-refractivity contribution >= 4 is 5.78 Å². The van der Waals surface area contributed by atoms with E-state index < -0.39 is 17.7 Å². The average Bonchev–Trinajstić information content (AvgIpc) is 2.39. The van der Waals surface area contributed by atoms with E-state index in [1.165, 1.54) is 13.0 Å². The lowest BCUT2D eigenvalue weighted by Crippen LogP contribution is -2.12. The Morgan fingerprint density at radius 3 is 2.10 bits per heavy atom. The third kappa shape index (κ3) is 3.07. The first-order chi connectivity index (χ1) is 9.39. The molecule has 1 nitrogen and oxygen atoms in total. The first-order valence-corrected chi connectivity index (χ1v) is 6.12. The number of rotatable bonds is 3. The van der Waals surface area contributed by atoms with Gasteiger partial charge in [0.15, 0.2) is 0 Å². The molecule has 0 spiro atoms. The van der Waals surface area contributed by atoms with Gasteiger partial charge in [0.1, 0.15) is 5.78 Å². The van der Waals surface area contributed by atoms with Gasteiger partial charge in [-0.2, -0.15) is 13.2 Å². The summed E-state index contributed by atoms with van der Waals surface area (Å²) < 4.78 is 38.2. The number of benzene rings is 2. The maximum absolute atomic E-state index is 12.7. The monoisotopic (exact) mass is 278 g/mol. The molecular weight excluding hydrogens is 265 g/mol. The molecule has 2 aromatic rings. The molecule has 0 fully saturated rings. The van der Waals surface area contributed by atoms with Crippen molar-refractivity contribution in [1.29, 1.82) is 0 Å². The molecule has 0 saturated carbocycles. The summed E-state index contributed by atoms with van der Waals surface area (Å²) in [6.45, 7) is 1.39. The van der Waals surface area contributed by atoms with E-state index in [-0.39, 0.29) is 5.78 Å². The highest BCUT2D eigenvalue weighted by molar-refractivity contribution is 5.86. The molecule has 0 heterocycles. The number of carbonyl (C=O) groups excluding carboxylic acids is 1. The number of Topliss-reactive ketones (excluding diaryl/α,β-unsaturated/α-hetero) is 1. The van der Waals surface area contributed by atoms with Crippen molar-refractivity contribution in [1.82, 2.24) is 0 Å². The fraction of sp³-hybridized carbons (Fsp3) is 0.188. The first kappa shape index (κ1) is 14.3. The lowest BCUT2D eigenvalue weighted by Gasteiger charge is -2.16. The highest BCUT2D eigenvalue weighted by Gasteiger charge is 2.31. The molecule has 2 aromatic carbocycles. The summed E-state index contributed by atoms with van der Waals surface area (Å²) in [7, 11) is 0. The summed E-state index contributed by atoms with van der Waals surface area (Å²) in [6, 6.07) is 13.7. The smallest absolute Gasteiger partial charge is 0.299 e. The predicted molar refractivity (Wildman–Crippen MR) is 70.4 cm³/mol. The zero-order valence-corrected chi connectivity index (χ0v) is 10.8. The Bertz CT molecular complexity index is 603. The van der Waals surface area contributed by atoms with Gasteiger partial charge >= 0.3 is 6.18 Å². The molecule has 20 heavy (non-hydrogen) atoms. The summed E-state index contributed by atoms with van der Waals surface area (Å²) in [6.07, 6.45) is -4.41. The van der Waals surface area contributed by atoms with Gasteiger partial charge in [0, 0.05) is 0 Å². The van der Waals surface area contributed by atoms with Gasteiger partial charge in [-0.25, -0.2) is 0 Å². The largest absolute Gasteiger partial charge is 0.416 e. The zero-order valence-electron chi connectivity index (χ0n) is 10.8. The molecule has 0 amide bonds. The van der Waals surface area contributed by atoms with Crippen molar-refractivity contribution in [3.63, 3.8) is 0 Å². The van der Waals surface area contributed by atoms with Crippen LogP contribution in [0.3, 0.4) is 0 Å². The van der Waals surface area contributed by atoms with E-state index >= 15 is 0 Å². The maximum Gasteiger partial charge on any atom is 0.416 e. The molecule has 0 radical (unpaired) electrons. The molecule has 0 N–H and O–H groups in total. The number of ketones is 1. The molecule has 0 aliphatic carbocycles. The van der Waals surface area contributed by atoms with Crippen molar-refractivity contribution in [3.05, 3.63) is 71.3 Å². The van der Waals surface area contributed by atoms with Gasteiger partial charge in [0.2, 0.25) is 0 Å². The van der Waals surface area contributed by atoms with Crippen LogP contribution in [0, 0.1) is 0 Å². The van der Waals surface area contributed by atoms with Crippen LogP contribution in [0.4, 0.5) is 13.2 Å². The quantitative estimate of drug-likeness (QED) is 0.812. The molecule has 0 aliphatic rings. The van der Waals surface area contributed by atoms with Gasteiger partial charge in [-0.05, 0) is 24.1 Å². The predicted octanol–water partition coefficient (Wildman–Crippen LogP) is 4.43. The van der Waals surface area contributed by atoms with Crippen molar-refractivity contribution in [2.24, 2.45) is 0 Å².